The average Bonchev–Trinajstić information content (AvgIpc) is 2.81. The maximum Gasteiger partial charge on any atom is 0.328 e. The summed E-state index contributed by atoms with van der Waals surface area (Å²) in [5.74, 6) is -0.482. The van der Waals surface area contributed by atoms with Crippen molar-refractivity contribution in [1.82, 2.24) is 9.88 Å². The first-order valence-corrected chi connectivity index (χ1v) is 11.5. The minimum absolute atomic E-state index is 0.116. The van der Waals surface area contributed by atoms with Crippen LogP contribution in [0.1, 0.15) is 15.9 Å². The lowest BCUT2D eigenvalue weighted by Gasteiger charge is -2.18. The standard InChI is InChI=1S/C24H22Br2N2O5/c1-28-13-16(25)11-18(23(28)30)15-6-4-14(5-7-15)10-21(24(31)33-3)27-22(29)19-12-17(32-2)8-9-20(19)26/h4-9,11-13,21H,10H2,1-3H3,(H,27,29). The van der Waals surface area contributed by atoms with Crippen molar-refractivity contribution >= 4 is 43.7 Å². The Bertz CT molecular complexity index is 1240. The Hall–Kier alpha value is -2.91. The van der Waals surface area contributed by atoms with E-state index in [0.29, 0.717) is 21.3 Å². The Morgan fingerprint density at radius 2 is 1.76 bits per heavy atom. The lowest BCUT2D eigenvalue weighted by atomic mass is 10.0. The third-order valence-corrected chi connectivity index (χ3v) is 6.19. The van der Waals surface area contributed by atoms with Crippen LogP contribution in [-0.2, 0) is 23.0 Å². The van der Waals surface area contributed by atoms with Gasteiger partial charge in [0.1, 0.15) is 11.8 Å². The number of nitrogens with zero attached hydrogens (tertiary/aromatic N) is 1. The van der Waals surface area contributed by atoms with Crippen LogP contribution in [-0.4, -0.2) is 36.7 Å². The van der Waals surface area contributed by atoms with E-state index >= 15 is 0 Å². The van der Waals surface area contributed by atoms with Crippen molar-refractivity contribution in [2.24, 2.45) is 7.05 Å². The SMILES string of the molecule is COC(=O)C(Cc1ccc(-c2cc(Br)cn(C)c2=O)cc1)NC(=O)c1cc(OC)ccc1Br. The fraction of sp³-hybridized carbons (Fsp3) is 0.208. The van der Waals surface area contributed by atoms with Gasteiger partial charge in [-0.05, 0) is 67.3 Å². The molecule has 2 aromatic carbocycles. The highest BCUT2D eigenvalue weighted by atomic mass is 79.9. The van der Waals surface area contributed by atoms with Gasteiger partial charge in [-0.25, -0.2) is 4.79 Å². The number of nitrogens with one attached hydrogen (secondary N) is 1. The molecule has 1 atom stereocenters. The summed E-state index contributed by atoms with van der Waals surface area (Å²) < 4.78 is 12.9. The van der Waals surface area contributed by atoms with Crippen LogP contribution in [0.3, 0.4) is 0 Å². The Labute approximate surface area is 208 Å². The van der Waals surface area contributed by atoms with Gasteiger partial charge in [-0.15, -0.1) is 0 Å². The number of methoxy groups -OCH3 is 2. The van der Waals surface area contributed by atoms with Gasteiger partial charge < -0.3 is 19.4 Å². The van der Waals surface area contributed by atoms with Crippen molar-refractivity contribution in [2.45, 2.75) is 12.5 Å². The van der Waals surface area contributed by atoms with Gasteiger partial charge in [-0.1, -0.05) is 24.3 Å². The van der Waals surface area contributed by atoms with Crippen LogP contribution in [0.15, 0.2) is 68.5 Å². The number of esters is 1. The van der Waals surface area contributed by atoms with Gasteiger partial charge in [-0.3, -0.25) is 9.59 Å². The maximum atomic E-state index is 12.8. The molecule has 172 valence electrons. The molecule has 0 radical (unpaired) electrons. The van der Waals surface area contributed by atoms with Crippen molar-refractivity contribution in [3.8, 4) is 16.9 Å². The van der Waals surface area contributed by atoms with Crippen LogP contribution in [0.4, 0.5) is 0 Å². The second kappa shape index (κ2) is 10.8. The van der Waals surface area contributed by atoms with E-state index in [-0.39, 0.29) is 12.0 Å². The molecule has 0 saturated heterocycles. The molecular weight excluding hydrogens is 556 g/mol. The molecule has 1 N–H and O–H groups in total. The number of carbonyl (C=O) groups is 2. The second-order valence-corrected chi connectivity index (χ2v) is 9.05. The van der Waals surface area contributed by atoms with Gasteiger partial charge in [0.25, 0.3) is 11.5 Å². The van der Waals surface area contributed by atoms with Crippen molar-refractivity contribution in [2.75, 3.05) is 14.2 Å². The summed E-state index contributed by atoms with van der Waals surface area (Å²) in [6.07, 6.45) is 1.92. The largest absolute Gasteiger partial charge is 0.497 e. The summed E-state index contributed by atoms with van der Waals surface area (Å²) in [6.45, 7) is 0. The number of rotatable bonds is 7. The summed E-state index contributed by atoms with van der Waals surface area (Å²) in [6, 6.07) is 13.1. The number of aromatic nitrogens is 1. The predicted octanol–water partition coefficient (Wildman–Crippen LogP) is 4.10. The number of benzene rings is 2. The van der Waals surface area contributed by atoms with Gasteiger partial charge in [0.15, 0.2) is 0 Å². The topological polar surface area (TPSA) is 86.6 Å². The highest BCUT2D eigenvalue weighted by molar-refractivity contribution is 9.10. The van der Waals surface area contributed by atoms with E-state index < -0.39 is 17.9 Å². The zero-order valence-corrected chi connectivity index (χ0v) is 21.4. The Morgan fingerprint density at radius 1 is 1.06 bits per heavy atom. The first-order valence-electron chi connectivity index (χ1n) is 9.91. The summed E-state index contributed by atoms with van der Waals surface area (Å²) in [5.41, 5.74) is 2.32. The Balaban J connectivity index is 1.82. The van der Waals surface area contributed by atoms with Crippen LogP contribution in [0.5, 0.6) is 5.75 Å². The molecule has 3 aromatic rings. The predicted molar refractivity (Wildman–Crippen MR) is 132 cm³/mol. The third kappa shape index (κ3) is 5.91. The monoisotopic (exact) mass is 576 g/mol. The summed E-state index contributed by atoms with van der Waals surface area (Å²) in [4.78, 5) is 37.7. The summed E-state index contributed by atoms with van der Waals surface area (Å²) in [7, 11) is 4.47. The number of ether oxygens (including phenoxy) is 2. The van der Waals surface area contributed by atoms with Crippen molar-refractivity contribution in [3.05, 3.63) is 85.2 Å². The normalized spacial score (nSPS) is 11.5. The van der Waals surface area contributed by atoms with Crippen molar-refractivity contribution in [3.63, 3.8) is 0 Å². The van der Waals surface area contributed by atoms with E-state index in [0.717, 1.165) is 15.6 Å². The number of halogens is 2. The molecule has 0 saturated carbocycles. The molecule has 1 heterocycles. The molecule has 0 aliphatic carbocycles. The fourth-order valence-electron chi connectivity index (χ4n) is 3.31. The van der Waals surface area contributed by atoms with E-state index in [9.17, 15) is 14.4 Å². The molecule has 0 fully saturated rings. The van der Waals surface area contributed by atoms with Crippen LogP contribution in [0.25, 0.3) is 11.1 Å². The first kappa shape index (κ1) is 24.7. The maximum absolute atomic E-state index is 12.8. The smallest absolute Gasteiger partial charge is 0.328 e. The van der Waals surface area contributed by atoms with Gasteiger partial charge in [0.05, 0.1) is 19.8 Å². The van der Waals surface area contributed by atoms with Crippen LogP contribution < -0.4 is 15.6 Å². The fourth-order valence-corrected chi connectivity index (χ4v) is 4.27. The highest BCUT2D eigenvalue weighted by Gasteiger charge is 2.24. The number of amides is 1. The minimum Gasteiger partial charge on any atom is -0.497 e. The van der Waals surface area contributed by atoms with E-state index in [1.165, 1.54) is 18.8 Å². The van der Waals surface area contributed by atoms with Crippen molar-refractivity contribution in [1.29, 1.82) is 0 Å². The van der Waals surface area contributed by atoms with E-state index in [2.05, 4.69) is 37.2 Å². The van der Waals surface area contributed by atoms with Gasteiger partial charge in [0, 0.05) is 34.2 Å². The molecule has 0 spiro atoms. The lowest BCUT2D eigenvalue weighted by molar-refractivity contribution is -0.142. The number of pyridine rings is 1. The quantitative estimate of drug-likeness (QED) is 0.427. The zero-order valence-electron chi connectivity index (χ0n) is 18.2. The lowest BCUT2D eigenvalue weighted by Crippen LogP contribution is -2.43. The first-order chi connectivity index (χ1) is 15.7. The molecule has 0 bridgehead atoms. The number of hydrogen-bond donors (Lipinski definition) is 1. The molecule has 7 nitrogen and oxygen atoms in total. The molecule has 9 heteroatoms. The van der Waals surface area contributed by atoms with Crippen molar-refractivity contribution < 1.29 is 19.1 Å². The summed E-state index contributed by atoms with van der Waals surface area (Å²) >= 11 is 6.76. The molecule has 1 unspecified atom stereocenters. The molecule has 33 heavy (non-hydrogen) atoms. The molecule has 0 aliphatic heterocycles. The second-order valence-electron chi connectivity index (χ2n) is 7.28. The highest BCUT2D eigenvalue weighted by Crippen LogP contribution is 2.23. The molecule has 1 amide bonds. The van der Waals surface area contributed by atoms with Gasteiger partial charge in [0.2, 0.25) is 0 Å². The molecule has 1 aromatic heterocycles. The summed E-state index contributed by atoms with van der Waals surface area (Å²) in [5, 5.41) is 2.74. The van der Waals surface area contributed by atoms with Gasteiger partial charge in [-0.2, -0.15) is 0 Å². The van der Waals surface area contributed by atoms with E-state index in [1.807, 2.05) is 24.3 Å². The Morgan fingerprint density at radius 3 is 2.39 bits per heavy atom. The van der Waals surface area contributed by atoms with E-state index in [4.69, 9.17) is 9.47 Å². The number of carbonyl (C=O) groups excluding carboxylic acids is 2. The molecule has 3 rings (SSSR count). The number of aryl methyl sites for hydroxylation is 1. The number of hydrogen-bond acceptors (Lipinski definition) is 5. The molecular formula is C24H22Br2N2O5. The van der Waals surface area contributed by atoms with Gasteiger partial charge >= 0.3 is 5.97 Å². The molecule has 0 aliphatic rings. The third-order valence-electron chi connectivity index (χ3n) is 5.06. The average molecular weight is 578 g/mol. The minimum atomic E-state index is -0.898. The zero-order chi connectivity index (χ0) is 24.1. The van der Waals surface area contributed by atoms with Crippen LogP contribution >= 0.6 is 31.9 Å². The van der Waals surface area contributed by atoms with Crippen LogP contribution in [0.2, 0.25) is 0 Å². The van der Waals surface area contributed by atoms with E-state index in [1.54, 1.807) is 37.5 Å². The Kier molecular flexibility index (Phi) is 8.10. The van der Waals surface area contributed by atoms with Crippen LogP contribution in [0, 0.1) is 0 Å².